The van der Waals surface area contributed by atoms with E-state index in [4.69, 9.17) is 0 Å². The summed E-state index contributed by atoms with van der Waals surface area (Å²) in [6, 6.07) is 31.6. The zero-order chi connectivity index (χ0) is 78.8. The predicted octanol–water partition coefficient (Wildman–Crippen LogP) is 6.39. The van der Waals surface area contributed by atoms with Gasteiger partial charge in [-0.1, -0.05) is 91.0 Å². The van der Waals surface area contributed by atoms with Crippen molar-refractivity contribution >= 4 is 122 Å². The zero-order valence-electron chi connectivity index (χ0n) is 59.5. The fourth-order valence-electron chi connectivity index (χ4n) is 12.4. The number of fused-ring (bicyclic) bond motifs is 3. The number of para-hydroxylation sites is 3. The van der Waals surface area contributed by atoms with E-state index < -0.39 is 72.1 Å². The van der Waals surface area contributed by atoms with Crippen molar-refractivity contribution in [2.45, 2.75) is 74.8 Å². The van der Waals surface area contributed by atoms with Gasteiger partial charge in [0.2, 0.25) is 53.5 Å². The van der Waals surface area contributed by atoms with Crippen LogP contribution in [0.25, 0.3) is 32.7 Å². The number of aliphatic carboxylic acids is 6. The fourth-order valence-corrected chi connectivity index (χ4v) is 12.4. The first kappa shape index (κ1) is 77.0. The number of nitrogens with zero attached hydrogens (tertiary/aromatic N) is 10. The number of aromatic amines is 3. The van der Waals surface area contributed by atoms with Gasteiger partial charge in [-0.15, -0.1) is 0 Å². The number of carbonyl (C=O) groups is 6. The quantitative estimate of drug-likeness (QED) is 0.0197. The number of carboxylic acids is 6. The average molecular weight is 1530 g/mol. The monoisotopic (exact) mass is 1530 g/mol. The third-order valence-corrected chi connectivity index (χ3v) is 18.1. The summed E-state index contributed by atoms with van der Waals surface area (Å²) >= 11 is 0. The second kappa shape index (κ2) is 35.8. The lowest BCUT2D eigenvalue weighted by Crippen LogP contribution is -2.37. The molecular weight excluding hydrogens is 1450 g/mol. The van der Waals surface area contributed by atoms with Gasteiger partial charge in [0.25, 0.3) is 0 Å². The molecule has 0 aliphatic rings. The van der Waals surface area contributed by atoms with Gasteiger partial charge in [-0.2, -0.15) is 44.9 Å². The minimum atomic E-state index is -1.36. The molecule has 6 aromatic carbocycles. The molecule has 0 bridgehead atoms. The van der Waals surface area contributed by atoms with Gasteiger partial charge >= 0.3 is 35.8 Å². The normalized spacial score (nSPS) is 12.9. The highest BCUT2D eigenvalue weighted by atomic mass is 16.4. The highest BCUT2D eigenvalue weighted by molar-refractivity contribution is 5.88. The number of hydrogen-bond donors (Lipinski definition) is 21. The van der Waals surface area contributed by atoms with Crippen molar-refractivity contribution in [2.24, 2.45) is 0 Å². The van der Waals surface area contributed by atoms with Gasteiger partial charge in [0.05, 0.1) is 0 Å². The van der Waals surface area contributed by atoms with E-state index in [0.717, 1.165) is 32.7 Å². The minimum absolute atomic E-state index is 0.00647. The second-order valence-corrected chi connectivity index (χ2v) is 26.1. The van der Waals surface area contributed by atoms with E-state index >= 15 is 0 Å². The zero-order valence-corrected chi connectivity index (χ0v) is 59.5. The third-order valence-electron chi connectivity index (χ3n) is 18.1. The topological polar surface area (TPSA) is 559 Å². The first-order valence-corrected chi connectivity index (χ1v) is 35.2. The first-order chi connectivity index (χ1) is 54.1. The molecule has 0 fully saturated rings. The predicted molar refractivity (Wildman–Crippen MR) is 413 cm³/mol. The molecule has 12 rings (SSSR count). The molecule has 0 unspecified atom stereocenters. The summed E-state index contributed by atoms with van der Waals surface area (Å²) in [6.45, 7) is 0.280. The molecule has 6 heterocycles. The number of H-pyrrole nitrogens is 3. The van der Waals surface area contributed by atoms with Crippen LogP contribution in [-0.2, 0) is 67.3 Å². The van der Waals surface area contributed by atoms with Gasteiger partial charge in [-0.3, -0.25) is 4.90 Å². The van der Waals surface area contributed by atoms with E-state index in [1.165, 1.54) is 36.4 Å². The Labute approximate surface area is 635 Å². The van der Waals surface area contributed by atoms with Crippen molar-refractivity contribution in [1.82, 2.24) is 64.7 Å². The summed E-state index contributed by atoms with van der Waals surface area (Å²) in [4.78, 5) is 130. The Kier molecular flexibility index (Phi) is 24.6. The van der Waals surface area contributed by atoms with Crippen molar-refractivity contribution in [3.05, 3.63) is 198 Å². The van der Waals surface area contributed by atoms with Crippen LogP contribution in [-0.4, -0.2) is 222 Å². The molecule has 37 nitrogen and oxygen atoms in total. The van der Waals surface area contributed by atoms with E-state index in [1.807, 2.05) is 77.7 Å². The number of aromatic hydroxyl groups is 3. The Balaban J connectivity index is 0.847. The lowest BCUT2D eigenvalue weighted by molar-refractivity contribution is -0.138. The Morgan fingerprint density at radius 2 is 0.509 bits per heavy atom. The van der Waals surface area contributed by atoms with Gasteiger partial charge in [-0.25, -0.2) is 28.8 Å². The second-order valence-electron chi connectivity index (χ2n) is 26.1. The molecule has 0 aliphatic carbocycles. The largest absolute Gasteiger partial charge is 0.508 e. The van der Waals surface area contributed by atoms with E-state index in [1.54, 1.807) is 55.0 Å². The van der Waals surface area contributed by atoms with Crippen molar-refractivity contribution < 1.29 is 74.7 Å². The number of benzene rings is 6. The standard InChI is InChI=1S/C75H78N22O15/c98-46-19-13-40(14-20-46)31-55(61(101)102)82-70-88-67(91-73(94-70)85-58(64(107)108)34-43-37-79-52-10-4-1-7-49(43)52)76-25-28-97(29-26-77-68-89-71(83-56(62(103)104)32-41-15-21-47(99)22-16-41)95-74(92-68)86-59(65(109)110)35-44-38-80-53-11-5-2-8-50(44)53)30-27-78-69-90-72(84-57(63(105)106)33-42-17-23-48(100)24-18-42)96-75(93-69)87-60(66(111)112)36-45-39-81-54-12-6-3-9-51(45)54/h1-24,37-39,55-60,79-81,98-100H,25-36H2,(H,101,102)(H,103,104)(H,105,106)(H,107,108)(H,109,110)(H,111,112)(H3,76,82,85,88,91,94)(H3,77,83,86,89,92,95)(H3,78,84,87,90,93,96)/t55-,56-,57-,58-,59-,60-/m0/s1. The third kappa shape index (κ3) is 20.9. The SMILES string of the molecule is O=C(O)[C@H](Cc1ccc(O)cc1)Nc1nc(NCCN(CCNc2nc(N[C@@H](Cc3ccc(O)cc3)C(=O)O)nc(N[C@@H](Cc3c[nH]c4ccccc34)C(=O)O)n2)CCNc2nc(N[C@@H](Cc3ccc(O)cc3)C(=O)O)nc(N[C@@H](Cc3c[nH]c4ccccc34)C(=O)O)n2)nc(N[C@@H](Cc2c[nH]c3ccccc23)C(=O)O)n1. The summed E-state index contributed by atoms with van der Waals surface area (Å²) in [5.41, 5.74) is 5.90. The van der Waals surface area contributed by atoms with Crippen LogP contribution in [0.4, 0.5) is 53.5 Å². The maximum absolute atomic E-state index is 13.1. The van der Waals surface area contributed by atoms with Crippen LogP contribution in [0.5, 0.6) is 17.2 Å². The number of carboxylic acid groups (broad SMARTS) is 6. The average Bonchev–Trinajstić information content (AvgIpc) is 1.62. The van der Waals surface area contributed by atoms with Crippen LogP contribution in [0, 0.1) is 0 Å². The van der Waals surface area contributed by atoms with E-state index in [-0.39, 0.29) is 149 Å². The Morgan fingerprint density at radius 1 is 0.295 bits per heavy atom. The summed E-state index contributed by atoms with van der Waals surface area (Å²) < 4.78 is 0. The number of phenols is 3. The van der Waals surface area contributed by atoms with Crippen molar-refractivity contribution in [1.29, 1.82) is 0 Å². The lowest BCUT2D eigenvalue weighted by Gasteiger charge is -2.24. The van der Waals surface area contributed by atoms with Crippen LogP contribution in [0.1, 0.15) is 33.4 Å². The minimum Gasteiger partial charge on any atom is -0.508 e. The Hall–Kier alpha value is -14.7. The van der Waals surface area contributed by atoms with Crippen LogP contribution >= 0.6 is 0 Å². The van der Waals surface area contributed by atoms with Gasteiger partial charge in [-0.05, 0) is 88.0 Å². The molecule has 21 N–H and O–H groups in total. The summed E-state index contributed by atoms with van der Waals surface area (Å²) in [7, 11) is 0. The van der Waals surface area contributed by atoms with Crippen molar-refractivity contribution in [3.8, 4) is 17.2 Å². The van der Waals surface area contributed by atoms with Gasteiger partial charge in [0.15, 0.2) is 0 Å². The number of nitrogens with one attached hydrogen (secondary N) is 12. The molecule has 37 heteroatoms. The Morgan fingerprint density at radius 3 is 0.741 bits per heavy atom. The molecular formula is C75H78N22O15. The molecule has 0 amide bonds. The van der Waals surface area contributed by atoms with E-state index in [0.29, 0.717) is 33.4 Å². The lowest BCUT2D eigenvalue weighted by atomic mass is 10.1. The summed E-state index contributed by atoms with van der Waals surface area (Å²) in [6.07, 6.45) is 4.60. The maximum Gasteiger partial charge on any atom is 0.326 e. The van der Waals surface area contributed by atoms with Crippen LogP contribution in [0.2, 0.25) is 0 Å². The van der Waals surface area contributed by atoms with Crippen LogP contribution < -0.4 is 47.9 Å². The number of aromatic nitrogens is 12. The van der Waals surface area contributed by atoms with E-state index in [2.05, 4.69) is 108 Å². The molecule has 0 saturated carbocycles. The number of rotatable bonds is 42. The van der Waals surface area contributed by atoms with Gasteiger partial charge in [0.1, 0.15) is 53.5 Å². The van der Waals surface area contributed by atoms with Gasteiger partial charge in [0, 0.05) is 129 Å². The number of anilines is 9. The fraction of sp³-hybridized carbons (Fsp3) is 0.240. The molecule has 12 aromatic rings. The molecule has 112 heavy (non-hydrogen) atoms. The van der Waals surface area contributed by atoms with Crippen molar-refractivity contribution in [2.75, 3.05) is 87.1 Å². The maximum atomic E-state index is 13.1. The highest BCUT2D eigenvalue weighted by Gasteiger charge is 2.29. The molecule has 0 radical (unpaired) electrons. The number of phenolic OH excluding ortho intramolecular Hbond substituents is 3. The molecule has 0 aliphatic heterocycles. The molecule has 578 valence electrons. The number of hydrogen-bond acceptors (Lipinski definition) is 28. The molecule has 6 aromatic heterocycles. The smallest absolute Gasteiger partial charge is 0.326 e. The molecule has 6 atom stereocenters. The van der Waals surface area contributed by atoms with Crippen LogP contribution in [0.15, 0.2) is 164 Å². The highest BCUT2D eigenvalue weighted by Crippen LogP contribution is 2.27. The Bertz CT molecular complexity index is 4790. The van der Waals surface area contributed by atoms with Crippen LogP contribution in [0.3, 0.4) is 0 Å². The molecule has 0 saturated heterocycles. The summed E-state index contributed by atoms with van der Waals surface area (Å²) in [5.74, 6) is -9.77. The van der Waals surface area contributed by atoms with Crippen molar-refractivity contribution in [3.63, 3.8) is 0 Å². The summed E-state index contributed by atoms with van der Waals surface area (Å²) in [5, 5.41) is 122. The van der Waals surface area contributed by atoms with E-state index in [9.17, 15) is 74.7 Å². The molecule has 0 spiro atoms. The first-order valence-electron chi connectivity index (χ1n) is 35.2. The van der Waals surface area contributed by atoms with Gasteiger partial charge < -0.3 is 109 Å².